The van der Waals surface area contributed by atoms with Crippen molar-refractivity contribution in [1.82, 2.24) is 15.1 Å². The Hall–Kier alpha value is -0.120. The summed E-state index contributed by atoms with van der Waals surface area (Å²) in [6, 6.07) is 0.493. The maximum Gasteiger partial charge on any atom is 0.193 e. The van der Waals surface area contributed by atoms with Gasteiger partial charge in [-0.1, -0.05) is 13.8 Å². The molecule has 1 heterocycles. The second kappa shape index (κ2) is 14.0. The number of likely N-dealkylation sites (N-methyl/N-ethyl adjacent to an activating group) is 1. The summed E-state index contributed by atoms with van der Waals surface area (Å²) in [6.45, 7) is 14.8. The Morgan fingerprint density at radius 1 is 1.30 bits per heavy atom. The molecule has 0 aromatic heterocycles. The molecule has 0 aromatic carbocycles. The number of rotatable bonds is 11. The summed E-state index contributed by atoms with van der Waals surface area (Å²) >= 11 is 0. The van der Waals surface area contributed by atoms with Crippen molar-refractivity contribution in [3.8, 4) is 0 Å². The molecule has 0 bridgehead atoms. The molecule has 0 spiro atoms. The molecular weight excluding hydrogens is 455 g/mol. The van der Waals surface area contributed by atoms with Crippen LogP contribution in [0.25, 0.3) is 0 Å². The molecule has 0 aromatic rings. The fourth-order valence-corrected chi connectivity index (χ4v) is 3.33. The summed E-state index contributed by atoms with van der Waals surface area (Å²) in [4.78, 5) is 9.71. The third-order valence-electron chi connectivity index (χ3n) is 5.08. The monoisotopic (exact) mass is 496 g/mol. The second-order valence-corrected chi connectivity index (χ2v) is 8.07. The highest BCUT2D eigenvalue weighted by Crippen LogP contribution is 2.28. The van der Waals surface area contributed by atoms with Crippen molar-refractivity contribution in [2.24, 2.45) is 16.8 Å². The van der Waals surface area contributed by atoms with Gasteiger partial charge in [-0.05, 0) is 38.0 Å². The first-order valence-electron chi connectivity index (χ1n) is 10.5. The molecule has 0 amide bonds. The smallest absolute Gasteiger partial charge is 0.193 e. The lowest BCUT2D eigenvalue weighted by atomic mass is 10.0. The van der Waals surface area contributed by atoms with Crippen LogP contribution in [0, 0.1) is 11.8 Å². The minimum absolute atomic E-state index is 0. The van der Waals surface area contributed by atoms with Crippen LogP contribution in [-0.4, -0.2) is 88.0 Å². The normalized spacial score (nSPS) is 19.7. The lowest BCUT2D eigenvalue weighted by molar-refractivity contribution is 0.0142. The molecule has 2 rings (SSSR count). The second-order valence-electron chi connectivity index (χ2n) is 8.07. The van der Waals surface area contributed by atoms with Gasteiger partial charge in [-0.15, -0.1) is 24.0 Å². The van der Waals surface area contributed by atoms with Crippen LogP contribution < -0.4 is 5.32 Å². The van der Waals surface area contributed by atoms with E-state index in [1.165, 1.54) is 19.3 Å². The fraction of sp³-hybridized carbons (Fsp3) is 0.950. The number of hydrogen-bond acceptors (Lipinski definition) is 4. The van der Waals surface area contributed by atoms with Crippen LogP contribution in [-0.2, 0) is 9.47 Å². The van der Waals surface area contributed by atoms with Gasteiger partial charge < -0.3 is 19.7 Å². The summed E-state index contributed by atoms with van der Waals surface area (Å²) in [5.41, 5.74) is 0. The highest BCUT2D eigenvalue weighted by atomic mass is 127. The van der Waals surface area contributed by atoms with Gasteiger partial charge in [-0.2, -0.15) is 0 Å². The van der Waals surface area contributed by atoms with Gasteiger partial charge in [-0.3, -0.25) is 9.89 Å². The molecule has 27 heavy (non-hydrogen) atoms. The Balaban J connectivity index is 0.00000364. The number of guanidine groups is 1. The van der Waals surface area contributed by atoms with E-state index in [4.69, 9.17) is 14.5 Å². The zero-order chi connectivity index (χ0) is 18.8. The van der Waals surface area contributed by atoms with E-state index < -0.39 is 0 Å². The van der Waals surface area contributed by atoms with Crippen LogP contribution in [0.5, 0.6) is 0 Å². The van der Waals surface area contributed by atoms with Crippen LogP contribution in [0.2, 0.25) is 0 Å². The molecule has 6 nitrogen and oxygen atoms in total. The molecule has 160 valence electrons. The lowest BCUT2D eigenvalue weighted by Gasteiger charge is -2.35. The van der Waals surface area contributed by atoms with Crippen LogP contribution in [0.1, 0.15) is 40.0 Å². The summed E-state index contributed by atoms with van der Waals surface area (Å²) < 4.78 is 11.3. The first-order chi connectivity index (χ1) is 12.6. The zero-order valence-electron chi connectivity index (χ0n) is 17.8. The first-order valence-corrected chi connectivity index (χ1v) is 10.5. The molecule has 7 heteroatoms. The van der Waals surface area contributed by atoms with Gasteiger partial charge in [0.1, 0.15) is 0 Å². The first kappa shape index (κ1) is 24.9. The molecule has 1 unspecified atom stereocenters. The standard InChI is InChI=1S/C20H40N4O2.HI/c1-5-21-20(23(4)8-11-26-16-18-6-7-18)22-15-19(14-17(2)3)24-9-12-25-13-10-24;/h17-19H,5-16H2,1-4H3,(H,21,22);1H. The summed E-state index contributed by atoms with van der Waals surface area (Å²) in [6.07, 6.45) is 3.87. The Bertz CT molecular complexity index is 413. The molecule has 1 aliphatic carbocycles. The third-order valence-corrected chi connectivity index (χ3v) is 5.08. The minimum Gasteiger partial charge on any atom is -0.379 e. The van der Waals surface area contributed by atoms with Gasteiger partial charge in [0.05, 0.1) is 26.4 Å². The number of ether oxygens (including phenoxy) is 2. The van der Waals surface area contributed by atoms with Crippen LogP contribution >= 0.6 is 24.0 Å². The number of morpholine rings is 1. The quantitative estimate of drug-likeness (QED) is 0.206. The van der Waals surface area contributed by atoms with E-state index in [2.05, 4.69) is 42.9 Å². The van der Waals surface area contributed by atoms with E-state index in [1.54, 1.807) is 0 Å². The largest absolute Gasteiger partial charge is 0.379 e. The van der Waals surface area contributed by atoms with Gasteiger partial charge in [0.2, 0.25) is 0 Å². The number of aliphatic imine (C=N–C) groups is 1. The van der Waals surface area contributed by atoms with E-state index in [9.17, 15) is 0 Å². The third kappa shape index (κ3) is 10.3. The molecule has 1 atom stereocenters. The summed E-state index contributed by atoms with van der Waals surface area (Å²) in [5, 5.41) is 3.43. The van der Waals surface area contributed by atoms with Gasteiger partial charge >= 0.3 is 0 Å². The molecular formula is C20H41IN4O2. The van der Waals surface area contributed by atoms with E-state index in [0.29, 0.717) is 12.0 Å². The van der Waals surface area contributed by atoms with Crippen LogP contribution in [0.3, 0.4) is 0 Å². The average molecular weight is 496 g/mol. The minimum atomic E-state index is 0. The molecule has 0 radical (unpaired) electrons. The molecule has 1 saturated heterocycles. The Labute approximate surface area is 183 Å². The lowest BCUT2D eigenvalue weighted by Crippen LogP contribution is -2.46. The van der Waals surface area contributed by atoms with Crippen molar-refractivity contribution in [1.29, 1.82) is 0 Å². The summed E-state index contributed by atoms with van der Waals surface area (Å²) in [7, 11) is 2.11. The summed E-state index contributed by atoms with van der Waals surface area (Å²) in [5.74, 6) is 2.49. The Morgan fingerprint density at radius 3 is 2.59 bits per heavy atom. The van der Waals surface area contributed by atoms with E-state index >= 15 is 0 Å². The number of halogens is 1. The number of hydrogen-bond donors (Lipinski definition) is 1. The molecule has 1 aliphatic heterocycles. The maximum atomic E-state index is 5.78. The fourth-order valence-electron chi connectivity index (χ4n) is 3.33. The topological polar surface area (TPSA) is 49.3 Å². The van der Waals surface area contributed by atoms with E-state index in [-0.39, 0.29) is 24.0 Å². The van der Waals surface area contributed by atoms with Gasteiger partial charge in [-0.25, -0.2) is 0 Å². The van der Waals surface area contributed by atoms with Crippen molar-refractivity contribution in [2.75, 3.05) is 66.2 Å². The number of nitrogens with zero attached hydrogens (tertiary/aromatic N) is 3. The molecule has 1 N–H and O–H groups in total. The van der Waals surface area contributed by atoms with Crippen LogP contribution in [0.15, 0.2) is 4.99 Å². The Morgan fingerprint density at radius 2 is 2.00 bits per heavy atom. The van der Waals surface area contributed by atoms with Gasteiger partial charge in [0.25, 0.3) is 0 Å². The zero-order valence-corrected chi connectivity index (χ0v) is 20.1. The Kier molecular flexibility index (Phi) is 12.9. The molecule has 2 aliphatic rings. The van der Waals surface area contributed by atoms with Crippen molar-refractivity contribution in [3.63, 3.8) is 0 Å². The van der Waals surface area contributed by atoms with Crippen molar-refractivity contribution < 1.29 is 9.47 Å². The van der Waals surface area contributed by atoms with Gasteiger partial charge in [0, 0.05) is 45.9 Å². The molecule has 2 fully saturated rings. The van der Waals surface area contributed by atoms with Crippen LogP contribution in [0.4, 0.5) is 0 Å². The highest BCUT2D eigenvalue weighted by molar-refractivity contribution is 14.0. The van der Waals surface area contributed by atoms with Gasteiger partial charge in [0.15, 0.2) is 5.96 Å². The van der Waals surface area contributed by atoms with Crippen molar-refractivity contribution >= 4 is 29.9 Å². The van der Waals surface area contributed by atoms with Crippen molar-refractivity contribution in [3.05, 3.63) is 0 Å². The van der Waals surface area contributed by atoms with E-state index in [0.717, 1.165) is 71.0 Å². The predicted octanol–water partition coefficient (Wildman–Crippen LogP) is 2.68. The maximum absolute atomic E-state index is 5.78. The highest BCUT2D eigenvalue weighted by Gasteiger charge is 2.23. The van der Waals surface area contributed by atoms with Crippen molar-refractivity contribution in [2.45, 2.75) is 46.1 Å². The number of nitrogens with one attached hydrogen (secondary N) is 1. The molecule has 1 saturated carbocycles. The predicted molar refractivity (Wildman–Crippen MR) is 123 cm³/mol. The SMILES string of the molecule is CCNC(=NCC(CC(C)C)N1CCOCC1)N(C)CCOCC1CC1.I. The van der Waals surface area contributed by atoms with E-state index in [1.807, 2.05) is 0 Å². The average Bonchev–Trinajstić information content (AvgIpc) is 3.45.